The van der Waals surface area contributed by atoms with E-state index in [1.54, 1.807) is 0 Å². The number of aromatic amines is 1. The fourth-order valence-electron chi connectivity index (χ4n) is 1.68. The topological polar surface area (TPSA) is 53.6 Å². The first-order chi connectivity index (χ1) is 6.57. The van der Waals surface area contributed by atoms with E-state index in [0.29, 0.717) is 5.92 Å². The van der Waals surface area contributed by atoms with Gasteiger partial charge in [0.2, 0.25) is 0 Å². The zero-order chi connectivity index (χ0) is 10.2. The van der Waals surface area contributed by atoms with E-state index in [2.05, 4.69) is 41.3 Å². The molecule has 4 nitrogen and oxygen atoms in total. The summed E-state index contributed by atoms with van der Waals surface area (Å²) in [5.74, 6) is 2.48. The summed E-state index contributed by atoms with van der Waals surface area (Å²) in [5.41, 5.74) is 0.0424. The Morgan fingerprint density at radius 3 is 2.64 bits per heavy atom. The van der Waals surface area contributed by atoms with Gasteiger partial charge in [0.15, 0.2) is 5.82 Å². The fourth-order valence-corrected chi connectivity index (χ4v) is 1.68. The molecule has 78 valence electrons. The minimum Gasteiger partial charge on any atom is -0.316 e. The molecule has 0 saturated carbocycles. The molecule has 1 unspecified atom stereocenters. The molecule has 1 aliphatic heterocycles. The molecule has 0 aromatic carbocycles. The van der Waals surface area contributed by atoms with E-state index in [9.17, 15) is 0 Å². The number of hydrogen-bond donors (Lipinski definition) is 2. The van der Waals surface area contributed by atoms with Gasteiger partial charge in [-0.2, -0.15) is 5.10 Å². The van der Waals surface area contributed by atoms with Crippen LogP contribution >= 0.6 is 0 Å². The third kappa shape index (κ3) is 1.80. The Morgan fingerprint density at radius 1 is 1.36 bits per heavy atom. The van der Waals surface area contributed by atoms with Crippen LogP contribution < -0.4 is 5.32 Å². The number of rotatable bonds is 1. The van der Waals surface area contributed by atoms with Crippen molar-refractivity contribution in [3.05, 3.63) is 11.6 Å². The van der Waals surface area contributed by atoms with Gasteiger partial charge in [0.05, 0.1) is 0 Å². The second-order valence-electron chi connectivity index (χ2n) is 4.98. The molecule has 0 radical (unpaired) electrons. The van der Waals surface area contributed by atoms with Crippen molar-refractivity contribution >= 4 is 0 Å². The lowest BCUT2D eigenvalue weighted by Crippen LogP contribution is -2.14. The van der Waals surface area contributed by atoms with E-state index in [4.69, 9.17) is 0 Å². The Balaban J connectivity index is 2.17. The highest BCUT2D eigenvalue weighted by atomic mass is 15.2. The highest BCUT2D eigenvalue weighted by Gasteiger charge is 2.24. The molecular weight excluding hydrogens is 176 g/mol. The average molecular weight is 194 g/mol. The second-order valence-corrected chi connectivity index (χ2v) is 4.98. The fraction of sp³-hybridized carbons (Fsp3) is 0.800. The predicted octanol–water partition coefficient (Wildman–Crippen LogP) is 1.18. The van der Waals surface area contributed by atoms with Gasteiger partial charge in [-0.05, 0) is 13.0 Å². The molecule has 1 aromatic heterocycles. The predicted molar refractivity (Wildman–Crippen MR) is 55.3 cm³/mol. The number of nitrogens with one attached hydrogen (secondary N) is 2. The Kier molecular flexibility index (Phi) is 2.31. The Hall–Kier alpha value is -0.900. The quantitative estimate of drug-likeness (QED) is 0.706. The number of aromatic nitrogens is 3. The van der Waals surface area contributed by atoms with Gasteiger partial charge in [-0.1, -0.05) is 20.8 Å². The van der Waals surface area contributed by atoms with Gasteiger partial charge in [0, 0.05) is 17.9 Å². The van der Waals surface area contributed by atoms with E-state index in [1.807, 2.05) is 0 Å². The third-order valence-electron chi connectivity index (χ3n) is 2.62. The van der Waals surface area contributed by atoms with Gasteiger partial charge in [0.25, 0.3) is 0 Å². The van der Waals surface area contributed by atoms with Crippen LogP contribution in [0.2, 0.25) is 0 Å². The van der Waals surface area contributed by atoms with Gasteiger partial charge in [-0.15, -0.1) is 0 Å². The maximum absolute atomic E-state index is 4.56. The van der Waals surface area contributed by atoms with Crippen LogP contribution in [0.4, 0.5) is 0 Å². The maximum atomic E-state index is 4.56. The first kappa shape index (κ1) is 9.65. The molecule has 1 aliphatic rings. The zero-order valence-electron chi connectivity index (χ0n) is 9.09. The van der Waals surface area contributed by atoms with Crippen LogP contribution in [-0.2, 0) is 5.41 Å². The molecule has 0 spiro atoms. The average Bonchev–Trinajstić information content (AvgIpc) is 2.73. The summed E-state index contributed by atoms with van der Waals surface area (Å²) < 4.78 is 0. The van der Waals surface area contributed by atoms with E-state index in [1.165, 1.54) is 6.42 Å². The van der Waals surface area contributed by atoms with Crippen LogP contribution in [-0.4, -0.2) is 28.3 Å². The Morgan fingerprint density at radius 2 is 2.14 bits per heavy atom. The smallest absolute Gasteiger partial charge is 0.156 e. The monoisotopic (exact) mass is 194 g/mol. The van der Waals surface area contributed by atoms with Crippen molar-refractivity contribution in [3.8, 4) is 0 Å². The summed E-state index contributed by atoms with van der Waals surface area (Å²) in [6, 6.07) is 0. The molecule has 1 aromatic rings. The third-order valence-corrected chi connectivity index (χ3v) is 2.62. The van der Waals surface area contributed by atoms with Crippen molar-refractivity contribution in [3.63, 3.8) is 0 Å². The molecule has 14 heavy (non-hydrogen) atoms. The van der Waals surface area contributed by atoms with Gasteiger partial charge < -0.3 is 5.32 Å². The molecular formula is C10H18N4. The van der Waals surface area contributed by atoms with Crippen molar-refractivity contribution < 1.29 is 0 Å². The minimum atomic E-state index is 0.0424. The Bertz CT molecular complexity index is 304. The molecule has 2 N–H and O–H groups in total. The van der Waals surface area contributed by atoms with Crippen molar-refractivity contribution in [1.82, 2.24) is 20.5 Å². The first-order valence-electron chi connectivity index (χ1n) is 5.21. The van der Waals surface area contributed by atoms with Crippen molar-refractivity contribution in [1.29, 1.82) is 0 Å². The molecule has 2 heterocycles. The van der Waals surface area contributed by atoms with E-state index in [-0.39, 0.29) is 5.41 Å². The van der Waals surface area contributed by atoms with Gasteiger partial charge in [-0.25, -0.2) is 4.98 Å². The lowest BCUT2D eigenvalue weighted by atomic mass is 9.96. The van der Waals surface area contributed by atoms with Gasteiger partial charge >= 0.3 is 0 Å². The second kappa shape index (κ2) is 3.35. The summed E-state index contributed by atoms with van der Waals surface area (Å²) in [5, 5.41) is 10.7. The normalized spacial score (nSPS) is 22.9. The van der Waals surface area contributed by atoms with Crippen LogP contribution in [0.5, 0.6) is 0 Å². The van der Waals surface area contributed by atoms with Crippen molar-refractivity contribution in [2.45, 2.75) is 38.5 Å². The Labute approximate surface area is 84.5 Å². The minimum absolute atomic E-state index is 0.0424. The van der Waals surface area contributed by atoms with Crippen LogP contribution in [0.25, 0.3) is 0 Å². The molecule has 0 amide bonds. The van der Waals surface area contributed by atoms with Crippen LogP contribution in [0.15, 0.2) is 0 Å². The number of nitrogens with zero attached hydrogens (tertiary/aromatic N) is 2. The highest BCUT2D eigenvalue weighted by molar-refractivity contribution is 5.06. The molecule has 2 rings (SSSR count). The van der Waals surface area contributed by atoms with Crippen molar-refractivity contribution in [2.75, 3.05) is 13.1 Å². The lowest BCUT2D eigenvalue weighted by molar-refractivity contribution is 0.547. The molecule has 0 bridgehead atoms. The molecule has 0 aliphatic carbocycles. The highest BCUT2D eigenvalue weighted by Crippen LogP contribution is 2.22. The molecule has 1 saturated heterocycles. The van der Waals surface area contributed by atoms with Crippen LogP contribution in [0.3, 0.4) is 0 Å². The molecule has 1 atom stereocenters. The van der Waals surface area contributed by atoms with Crippen LogP contribution in [0.1, 0.15) is 44.8 Å². The summed E-state index contributed by atoms with van der Waals surface area (Å²) >= 11 is 0. The van der Waals surface area contributed by atoms with Crippen LogP contribution in [0, 0.1) is 0 Å². The van der Waals surface area contributed by atoms with E-state index in [0.717, 1.165) is 24.7 Å². The standard InChI is InChI=1S/C10H18N4/c1-10(2,3)9-12-8(13-14-9)7-4-5-11-6-7/h7,11H,4-6H2,1-3H3,(H,12,13,14). The molecule has 4 heteroatoms. The molecule has 1 fully saturated rings. The summed E-state index contributed by atoms with van der Waals surface area (Å²) in [4.78, 5) is 4.56. The van der Waals surface area contributed by atoms with Crippen molar-refractivity contribution in [2.24, 2.45) is 0 Å². The van der Waals surface area contributed by atoms with E-state index < -0.39 is 0 Å². The number of hydrogen-bond acceptors (Lipinski definition) is 3. The summed E-state index contributed by atoms with van der Waals surface area (Å²) in [6.07, 6.45) is 1.17. The lowest BCUT2D eigenvalue weighted by Gasteiger charge is -2.12. The largest absolute Gasteiger partial charge is 0.316 e. The summed E-state index contributed by atoms with van der Waals surface area (Å²) in [7, 11) is 0. The summed E-state index contributed by atoms with van der Waals surface area (Å²) in [6.45, 7) is 8.52. The zero-order valence-corrected chi connectivity index (χ0v) is 9.09. The van der Waals surface area contributed by atoms with Gasteiger partial charge in [0.1, 0.15) is 5.82 Å². The number of H-pyrrole nitrogens is 1. The van der Waals surface area contributed by atoms with E-state index >= 15 is 0 Å². The SMILES string of the molecule is CC(C)(C)c1n[nH]c(C2CCNC2)n1. The van der Waals surface area contributed by atoms with Gasteiger partial charge in [-0.3, -0.25) is 5.10 Å². The first-order valence-corrected chi connectivity index (χ1v) is 5.21. The maximum Gasteiger partial charge on any atom is 0.156 e.